The maximum Gasteiger partial charge on any atom is 0.326 e. The number of carbonyl (C=O) groups excluding carboxylic acids is 2. The summed E-state index contributed by atoms with van der Waals surface area (Å²) in [6, 6.07) is 6.94. The number of para-hydroxylation sites is 1. The Labute approximate surface area is 158 Å². The van der Waals surface area contributed by atoms with E-state index in [1.54, 1.807) is 24.3 Å². The highest BCUT2D eigenvalue weighted by molar-refractivity contribution is 5.81. The Morgan fingerprint density at radius 1 is 1.19 bits per heavy atom. The minimum absolute atomic E-state index is 0.0299. The Kier molecular flexibility index (Phi) is 7.52. The van der Waals surface area contributed by atoms with Gasteiger partial charge in [-0.25, -0.2) is 4.98 Å². The number of hydrogen-bond donors (Lipinski definition) is 1. The molecule has 1 N–H and O–H groups in total. The molecule has 0 unspecified atom stereocenters. The lowest BCUT2D eigenvalue weighted by Crippen LogP contribution is -2.36. The Bertz CT molecular complexity index is 844. The van der Waals surface area contributed by atoms with Gasteiger partial charge in [-0.2, -0.15) is 0 Å². The van der Waals surface area contributed by atoms with E-state index >= 15 is 0 Å². The molecule has 1 aromatic heterocycles. The number of esters is 1. The van der Waals surface area contributed by atoms with Crippen LogP contribution in [0.2, 0.25) is 0 Å². The second-order valence-electron chi connectivity index (χ2n) is 7.15. The molecule has 1 atom stereocenters. The van der Waals surface area contributed by atoms with Crippen LogP contribution < -0.4 is 10.9 Å². The van der Waals surface area contributed by atoms with Gasteiger partial charge in [0.25, 0.3) is 11.5 Å². The fourth-order valence-electron chi connectivity index (χ4n) is 2.77. The van der Waals surface area contributed by atoms with Crippen LogP contribution in [0.4, 0.5) is 0 Å². The van der Waals surface area contributed by atoms with Gasteiger partial charge in [0, 0.05) is 6.04 Å². The van der Waals surface area contributed by atoms with Crippen molar-refractivity contribution in [2.24, 2.45) is 5.92 Å². The van der Waals surface area contributed by atoms with Crippen LogP contribution in [0, 0.1) is 5.92 Å². The van der Waals surface area contributed by atoms with E-state index in [9.17, 15) is 14.4 Å². The number of amides is 1. The maximum absolute atomic E-state index is 12.3. The van der Waals surface area contributed by atoms with E-state index < -0.39 is 5.97 Å². The van der Waals surface area contributed by atoms with Crippen LogP contribution in [-0.2, 0) is 20.9 Å². The summed E-state index contributed by atoms with van der Waals surface area (Å²) in [4.78, 5) is 40.3. The van der Waals surface area contributed by atoms with Gasteiger partial charge in [0.1, 0.15) is 6.54 Å². The van der Waals surface area contributed by atoms with Gasteiger partial charge in [-0.15, -0.1) is 0 Å². The molecule has 2 aromatic rings. The third kappa shape index (κ3) is 6.51. The summed E-state index contributed by atoms with van der Waals surface area (Å²) in [5, 5.41) is 3.24. The fraction of sp³-hybridized carbons (Fsp3) is 0.500. The van der Waals surface area contributed by atoms with Crippen molar-refractivity contribution in [3.05, 3.63) is 40.9 Å². The van der Waals surface area contributed by atoms with Crippen molar-refractivity contribution < 1.29 is 14.3 Å². The molecule has 1 heterocycles. The number of carbonyl (C=O) groups is 2. The van der Waals surface area contributed by atoms with Crippen molar-refractivity contribution in [2.45, 2.75) is 52.6 Å². The Balaban J connectivity index is 1.80. The van der Waals surface area contributed by atoms with Crippen LogP contribution in [0.25, 0.3) is 10.9 Å². The highest BCUT2D eigenvalue weighted by Gasteiger charge is 2.12. The summed E-state index contributed by atoms with van der Waals surface area (Å²) in [6.45, 7) is 5.62. The zero-order valence-corrected chi connectivity index (χ0v) is 16.1. The monoisotopic (exact) mass is 373 g/mol. The Morgan fingerprint density at radius 2 is 1.93 bits per heavy atom. The SMILES string of the molecule is CC(C)CCC[C@@H](C)NC(=O)COC(=O)Cn1cnc2ccccc2c1=O. The molecule has 0 aliphatic heterocycles. The Morgan fingerprint density at radius 3 is 2.67 bits per heavy atom. The third-order valence-corrected chi connectivity index (χ3v) is 4.22. The summed E-state index contributed by atoms with van der Waals surface area (Å²) >= 11 is 0. The molecule has 0 aliphatic rings. The van der Waals surface area contributed by atoms with Crippen LogP contribution in [0.1, 0.15) is 40.0 Å². The average Bonchev–Trinajstić information content (AvgIpc) is 2.62. The predicted octanol–water partition coefficient (Wildman–Crippen LogP) is 2.27. The first-order valence-electron chi connectivity index (χ1n) is 9.26. The highest BCUT2D eigenvalue weighted by atomic mass is 16.5. The normalized spacial score (nSPS) is 12.1. The standard InChI is InChI=1S/C20H27N3O4/c1-14(2)7-6-8-15(3)22-18(24)12-27-19(25)11-23-13-21-17-10-5-4-9-16(17)20(23)26/h4-5,9-10,13-15H,6-8,11-12H2,1-3H3,(H,22,24)/t15-/m1/s1. The lowest BCUT2D eigenvalue weighted by atomic mass is 10.0. The van der Waals surface area contributed by atoms with Crippen LogP contribution in [-0.4, -0.2) is 34.1 Å². The van der Waals surface area contributed by atoms with E-state index in [1.807, 2.05) is 6.92 Å². The molecule has 146 valence electrons. The molecule has 0 saturated heterocycles. The van der Waals surface area contributed by atoms with E-state index in [-0.39, 0.29) is 30.7 Å². The minimum Gasteiger partial charge on any atom is -0.454 e. The van der Waals surface area contributed by atoms with E-state index in [4.69, 9.17) is 4.74 Å². The van der Waals surface area contributed by atoms with Crippen molar-refractivity contribution in [2.75, 3.05) is 6.61 Å². The molecule has 0 bridgehead atoms. The fourth-order valence-corrected chi connectivity index (χ4v) is 2.77. The lowest BCUT2D eigenvalue weighted by molar-refractivity contribution is -0.149. The number of nitrogens with one attached hydrogen (secondary N) is 1. The summed E-state index contributed by atoms with van der Waals surface area (Å²) in [5.74, 6) is -0.358. The number of nitrogens with zero attached hydrogens (tertiary/aromatic N) is 2. The van der Waals surface area contributed by atoms with Crippen molar-refractivity contribution in [3.63, 3.8) is 0 Å². The summed E-state index contributed by atoms with van der Waals surface area (Å²) in [7, 11) is 0. The number of rotatable bonds is 9. The number of hydrogen-bond acceptors (Lipinski definition) is 5. The third-order valence-electron chi connectivity index (χ3n) is 4.22. The van der Waals surface area contributed by atoms with Crippen LogP contribution in [0.5, 0.6) is 0 Å². The van der Waals surface area contributed by atoms with Gasteiger partial charge in [0.05, 0.1) is 17.2 Å². The molecule has 2 rings (SSSR count). The van der Waals surface area contributed by atoms with Crippen molar-refractivity contribution in [3.8, 4) is 0 Å². The predicted molar refractivity (Wildman–Crippen MR) is 103 cm³/mol. The quantitative estimate of drug-likeness (QED) is 0.681. The minimum atomic E-state index is -0.656. The highest BCUT2D eigenvalue weighted by Crippen LogP contribution is 2.08. The number of aromatic nitrogens is 2. The molecule has 0 aliphatic carbocycles. The first kappa shape index (κ1) is 20.6. The molecule has 1 amide bonds. The van der Waals surface area contributed by atoms with Crippen molar-refractivity contribution in [1.29, 1.82) is 0 Å². The number of ether oxygens (including phenoxy) is 1. The van der Waals surface area contributed by atoms with Gasteiger partial charge in [-0.1, -0.05) is 38.8 Å². The number of benzene rings is 1. The summed E-state index contributed by atoms with van der Waals surface area (Å²) < 4.78 is 6.16. The first-order chi connectivity index (χ1) is 12.9. The van der Waals surface area contributed by atoms with Gasteiger partial charge < -0.3 is 10.1 Å². The molecule has 27 heavy (non-hydrogen) atoms. The van der Waals surface area contributed by atoms with Gasteiger partial charge in [0.15, 0.2) is 6.61 Å². The van der Waals surface area contributed by atoms with Gasteiger partial charge in [-0.05, 0) is 31.4 Å². The van der Waals surface area contributed by atoms with Gasteiger partial charge in [0.2, 0.25) is 0 Å². The zero-order chi connectivity index (χ0) is 19.8. The maximum atomic E-state index is 12.3. The lowest BCUT2D eigenvalue weighted by Gasteiger charge is -2.14. The van der Waals surface area contributed by atoms with Crippen LogP contribution in [0.15, 0.2) is 35.4 Å². The Hall–Kier alpha value is -2.70. The molecular formula is C20H27N3O4. The van der Waals surface area contributed by atoms with E-state index in [0.717, 1.165) is 19.3 Å². The number of fused-ring (bicyclic) bond motifs is 1. The average molecular weight is 373 g/mol. The van der Waals surface area contributed by atoms with E-state index in [1.165, 1.54) is 10.9 Å². The smallest absolute Gasteiger partial charge is 0.326 e. The van der Waals surface area contributed by atoms with Crippen LogP contribution >= 0.6 is 0 Å². The molecular weight excluding hydrogens is 346 g/mol. The summed E-state index contributed by atoms with van der Waals surface area (Å²) in [5.41, 5.74) is 0.249. The molecule has 1 aromatic carbocycles. The molecule has 7 nitrogen and oxygen atoms in total. The van der Waals surface area contributed by atoms with Crippen molar-refractivity contribution >= 4 is 22.8 Å². The largest absolute Gasteiger partial charge is 0.454 e. The zero-order valence-electron chi connectivity index (χ0n) is 16.1. The van der Waals surface area contributed by atoms with Crippen molar-refractivity contribution in [1.82, 2.24) is 14.9 Å². The molecule has 0 saturated carbocycles. The van der Waals surface area contributed by atoms with Gasteiger partial charge in [-0.3, -0.25) is 19.0 Å². The van der Waals surface area contributed by atoms with Gasteiger partial charge >= 0.3 is 5.97 Å². The molecule has 7 heteroatoms. The second kappa shape index (κ2) is 9.85. The first-order valence-corrected chi connectivity index (χ1v) is 9.26. The summed E-state index contributed by atoms with van der Waals surface area (Å²) in [6.07, 6.45) is 4.35. The topological polar surface area (TPSA) is 90.3 Å². The van der Waals surface area contributed by atoms with E-state index in [0.29, 0.717) is 16.8 Å². The molecule has 0 radical (unpaired) electrons. The second-order valence-corrected chi connectivity index (χ2v) is 7.15. The molecule has 0 fully saturated rings. The van der Waals surface area contributed by atoms with E-state index in [2.05, 4.69) is 24.1 Å². The molecule has 0 spiro atoms. The van der Waals surface area contributed by atoms with Crippen LogP contribution in [0.3, 0.4) is 0 Å².